The number of rotatable bonds is 2. The lowest BCUT2D eigenvalue weighted by Crippen LogP contribution is -2.31. The normalized spacial score (nSPS) is 13.6. The third-order valence-electron chi connectivity index (χ3n) is 2.41. The molecular formula is C11H7BrClF3N2O. The van der Waals surface area contributed by atoms with Gasteiger partial charge in [0.2, 0.25) is 0 Å². The number of benzene rings is 1. The SMILES string of the molecule is CC(Oc1cc(Br)cc2cnnc(Cl)c12)C(F)(F)F. The Morgan fingerprint density at radius 1 is 1.37 bits per heavy atom. The molecule has 0 amide bonds. The minimum Gasteiger partial charge on any atom is -0.480 e. The van der Waals surface area contributed by atoms with E-state index in [1.807, 2.05) is 0 Å². The molecule has 0 N–H and O–H groups in total. The van der Waals surface area contributed by atoms with Crippen LogP contribution in [0.5, 0.6) is 5.75 Å². The van der Waals surface area contributed by atoms with Crippen LogP contribution in [0.2, 0.25) is 5.15 Å². The van der Waals surface area contributed by atoms with Gasteiger partial charge in [-0.05, 0) is 19.1 Å². The van der Waals surface area contributed by atoms with Crippen molar-refractivity contribution in [3.8, 4) is 5.75 Å². The third-order valence-corrected chi connectivity index (χ3v) is 3.13. The molecule has 2 rings (SSSR count). The molecule has 8 heteroatoms. The maximum Gasteiger partial charge on any atom is 0.425 e. The lowest BCUT2D eigenvalue weighted by Gasteiger charge is -2.19. The number of hydrogen-bond acceptors (Lipinski definition) is 3. The Morgan fingerprint density at radius 3 is 2.68 bits per heavy atom. The van der Waals surface area contributed by atoms with Crippen LogP contribution in [0, 0.1) is 0 Å². The van der Waals surface area contributed by atoms with Crippen LogP contribution in [0.4, 0.5) is 13.2 Å². The highest BCUT2D eigenvalue weighted by molar-refractivity contribution is 9.10. The molecule has 1 aromatic heterocycles. The zero-order valence-corrected chi connectivity index (χ0v) is 11.8. The fourth-order valence-corrected chi connectivity index (χ4v) is 2.17. The van der Waals surface area contributed by atoms with E-state index in [0.29, 0.717) is 15.2 Å². The second-order valence-electron chi connectivity index (χ2n) is 3.81. The topological polar surface area (TPSA) is 35.0 Å². The van der Waals surface area contributed by atoms with Crippen LogP contribution < -0.4 is 4.74 Å². The first kappa shape index (κ1) is 14.3. The molecule has 102 valence electrons. The zero-order valence-electron chi connectivity index (χ0n) is 9.50. The van der Waals surface area contributed by atoms with Gasteiger partial charge in [0, 0.05) is 9.86 Å². The fourth-order valence-electron chi connectivity index (χ4n) is 1.47. The molecule has 0 fully saturated rings. The van der Waals surface area contributed by atoms with E-state index in [0.717, 1.165) is 6.92 Å². The molecule has 0 aliphatic rings. The van der Waals surface area contributed by atoms with E-state index in [1.165, 1.54) is 12.3 Å². The molecule has 0 bridgehead atoms. The van der Waals surface area contributed by atoms with E-state index >= 15 is 0 Å². The Hall–Kier alpha value is -1.08. The van der Waals surface area contributed by atoms with E-state index < -0.39 is 12.3 Å². The first-order valence-corrected chi connectivity index (χ1v) is 6.30. The molecule has 0 aliphatic carbocycles. The Labute approximate surface area is 119 Å². The van der Waals surface area contributed by atoms with Gasteiger partial charge in [0.15, 0.2) is 11.3 Å². The highest BCUT2D eigenvalue weighted by atomic mass is 79.9. The number of hydrogen-bond donors (Lipinski definition) is 0. The Balaban J connectivity index is 2.53. The summed E-state index contributed by atoms with van der Waals surface area (Å²) in [6.45, 7) is 0.926. The van der Waals surface area contributed by atoms with Gasteiger partial charge in [-0.3, -0.25) is 0 Å². The number of ether oxygens (including phenoxy) is 1. The molecular weight excluding hydrogens is 348 g/mol. The van der Waals surface area contributed by atoms with Crippen LogP contribution in [0.3, 0.4) is 0 Å². The number of halogens is 5. The molecule has 2 aromatic rings. The third kappa shape index (κ3) is 3.09. The van der Waals surface area contributed by atoms with Crippen LogP contribution in [0.25, 0.3) is 10.8 Å². The minimum atomic E-state index is -4.46. The van der Waals surface area contributed by atoms with Gasteiger partial charge in [0.05, 0.1) is 11.6 Å². The second-order valence-corrected chi connectivity index (χ2v) is 5.08. The van der Waals surface area contributed by atoms with Crippen LogP contribution in [-0.4, -0.2) is 22.5 Å². The van der Waals surface area contributed by atoms with E-state index in [9.17, 15) is 13.2 Å². The van der Waals surface area contributed by atoms with Gasteiger partial charge in [-0.2, -0.15) is 18.3 Å². The molecule has 0 aliphatic heterocycles. The van der Waals surface area contributed by atoms with Gasteiger partial charge in [-0.1, -0.05) is 27.5 Å². The standard InChI is InChI=1S/C11H7BrClF3N2O/c1-5(11(14,15)16)19-8-3-7(12)2-6-4-17-18-10(13)9(6)8/h2-5H,1H3. The van der Waals surface area contributed by atoms with Crippen LogP contribution in [-0.2, 0) is 0 Å². The molecule has 19 heavy (non-hydrogen) atoms. The average molecular weight is 356 g/mol. The predicted molar refractivity (Wildman–Crippen MR) is 68.4 cm³/mol. The van der Waals surface area contributed by atoms with Crippen molar-refractivity contribution in [3.05, 3.63) is 28.0 Å². The number of aromatic nitrogens is 2. The average Bonchev–Trinajstić information content (AvgIpc) is 2.26. The number of nitrogens with zero attached hydrogens (tertiary/aromatic N) is 2. The predicted octanol–water partition coefficient (Wildman–Crippen LogP) is 4.38. The highest BCUT2D eigenvalue weighted by Crippen LogP contribution is 2.35. The summed E-state index contributed by atoms with van der Waals surface area (Å²) >= 11 is 9.06. The molecule has 0 saturated heterocycles. The summed E-state index contributed by atoms with van der Waals surface area (Å²) in [6, 6.07) is 3.08. The van der Waals surface area contributed by atoms with E-state index in [1.54, 1.807) is 6.07 Å². The van der Waals surface area contributed by atoms with Crippen molar-refractivity contribution in [2.75, 3.05) is 0 Å². The van der Waals surface area contributed by atoms with Gasteiger partial charge < -0.3 is 4.74 Å². The number of fused-ring (bicyclic) bond motifs is 1. The molecule has 1 unspecified atom stereocenters. The van der Waals surface area contributed by atoms with Crippen molar-refractivity contribution in [1.29, 1.82) is 0 Å². The summed E-state index contributed by atoms with van der Waals surface area (Å²) in [5.41, 5.74) is 0. The smallest absolute Gasteiger partial charge is 0.425 e. The Kier molecular flexibility index (Phi) is 3.87. The van der Waals surface area contributed by atoms with E-state index in [-0.39, 0.29) is 10.9 Å². The van der Waals surface area contributed by atoms with Crippen LogP contribution in [0.1, 0.15) is 6.92 Å². The summed E-state index contributed by atoms with van der Waals surface area (Å²) in [7, 11) is 0. The number of alkyl halides is 3. The second kappa shape index (κ2) is 5.13. The van der Waals surface area contributed by atoms with Crippen LogP contribution >= 0.6 is 27.5 Å². The van der Waals surface area contributed by atoms with Crippen molar-refractivity contribution in [2.24, 2.45) is 0 Å². The van der Waals surface area contributed by atoms with Gasteiger partial charge in [0.25, 0.3) is 0 Å². The fraction of sp³-hybridized carbons (Fsp3) is 0.273. The van der Waals surface area contributed by atoms with Crippen molar-refractivity contribution >= 4 is 38.3 Å². The Morgan fingerprint density at radius 2 is 2.05 bits per heavy atom. The van der Waals surface area contributed by atoms with E-state index in [2.05, 4.69) is 26.1 Å². The zero-order chi connectivity index (χ0) is 14.2. The van der Waals surface area contributed by atoms with Gasteiger partial charge >= 0.3 is 6.18 Å². The highest BCUT2D eigenvalue weighted by Gasteiger charge is 2.38. The van der Waals surface area contributed by atoms with Crippen molar-refractivity contribution < 1.29 is 17.9 Å². The van der Waals surface area contributed by atoms with Crippen molar-refractivity contribution in [2.45, 2.75) is 19.2 Å². The molecule has 0 spiro atoms. The first-order valence-electron chi connectivity index (χ1n) is 5.13. The molecule has 1 atom stereocenters. The first-order chi connectivity index (χ1) is 8.79. The maximum atomic E-state index is 12.5. The van der Waals surface area contributed by atoms with Crippen LogP contribution in [0.15, 0.2) is 22.8 Å². The Bertz CT molecular complexity index is 621. The summed E-state index contributed by atoms with van der Waals surface area (Å²) in [6.07, 6.45) is -5.01. The minimum absolute atomic E-state index is 0.00521. The lowest BCUT2D eigenvalue weighted by atomic mass is 10.2. The van der Waals surface area contributed by atoms with Gasteiger partial charge in [0.1, 0.15) is 5.75 Å². The molecule has 1 aromatic carbocycles. The monoisotopic (exact) mass is 354 g/mol. The summed E-state index contributed by atoms with van der Waals surface area (Å²) in [5.74, 6) is 0.00843. The van der Waals surface area contributed by atoms with Crippen molar-refractivity contribution in [3.63, 3.8) is 0 Å². The summed E-state index contributed by atoms with van der Waals surface area (Å²) in [4.78, 5) is 0. The van der Waals surface area contributed by atoms with Gasteiger partial charge in [-0.25, -0.2) is 0 Å². The van der Waals surface area contributed by atoms with E-state index in [4.69, 9.17) is 16.3 Å². The summed E-state index contributed by atoms with van der Waals surface area (Å²) < 4.78 is 43.1. The quantitative estimate of drug-likeness (QED) is 0.802. The molecule has 1 heterocycles. The largest absolute Gasteiger partial charge is 0.480 e. The van der Waals surface area contributed by atoms with Gasteiger partial charge in [-0.15, -0.1) is 5.10 Å². The summed E-state index contributed by atoms with van der Waals surface area (Å²) in [5, 5.41) is 8.09. The maximum absolute atomic E-state index is 12.5. The molecule has 0 radical (unpaired) electrons. The molecule has 3 nitrogen and oxygen atoms in total. The molecule has 0 saturated carbocycles. The van der Waals surface area contributed by atoms with Crippen molar-refractivity contribution in [1.82, 2.24) is 10.2 Å². The lowest BCUT2D eigenvalue weighted by molar-refractivity contribution is -0.189.